The SMILES string of the molecule is CC1(c2ccnc(-n3c4ccccc4c4ccc(Oc5cccc(N6CN(c7c(-c8ccccc8)cc(-c8ccccc8)cc7-c7ccccc7)c7ccccc76)c5)cc43)c2)c2ccccc2-c2ccccc21. The fourth-order valence-electron chi connectivity index (χ4n) is 11.8. The molecular formula is C68H48N4O. The van der Waals surface area contributed by atoms with E-state index < -0.39 is 0 Å². The van der Waals surface area contributed by atoms with Gasteiger partial charge >= 0.3 is 0 Å². The largest absolute Gasteiger partial charge is 0.457 e. The Morgan fingerprint density at radius 2 is 0.973 bits per heavy atom. The lowest BCUT2D eigenvalue weighted by molar-refractivity contribution is 0.483. The summed E-state index contributed by atoms with van der Waals surface area (Å²) in [5, 5.41) is 2.31. The summed E-state index contributed by atoms with van der Waals surface area (Å²) in [6.45, 7) is 2.95. The Morgan fingerprint density at radius 1 is 0.411 bits per heavy atom. The van der Waals surface area contributed by atoms with Crippen LogP contribution in [0.1, 0.15) is 23.6 Å². The van der Waals surface area contributed by atoms with Crippen LogP contribution in [-0.2, 0) is 5.41 Å². The van der Waals surface area contributed by atoms with Crippen molar-refractivity contribution in [3.05, 3.63) is 278 Å². The number of rotatable bonds is 9. The number of pyridine rings is 1. The Bertz CT molecular complexity index is 3960. The summed E-state index contributed by atoms with van der Waals surface area (Å²) in [7, 11) is 0. The molecule has 0 atom stereocenters. The number of benzene rings is 10. The molecule has 1 aliphatic carbocycles. The molecule has 14 rings (SSSR count). The van der Waals surface area contributed by atoms with Gasteiger partial charge in [-0.2, -0.15) is 0 Å². The summed E-state index contributed by atoms with van der Waals surface area (Å²) in [5.41, 5.74) is 19.7. The van der Waals surface area contributed by atoms with E-state index in [1.165, 1.54) is 55.5 Å². The molecule has 0 saturated carbocycles. The Morgan fingerprint density at radius 3 is 1.66 bits per heavy atom. The predicted molar refractivity (Wildman–Crippen MR) is 301 cm³/mol. The van der Waals surface area contributed by atoms with E-state index in [1.54, 1.807) is 0 Å². The van der Waals surface area contributed by atoms with Gasteiger partial charge < -0.3 is 14.5 Å². The molecule has 0 N–H and O–H groups in total. The molecule has 0 spiro atoms. The number of ether oxygens (including phenoxy) is 1. The second-order valence-corrected chi connectivity index (χ2v) is 19.3. The van der Waals surface area contributed by atoms with E-state index in [0.29, 0.717) is 6.67 Å². The van der Waals surface area contributed by atoms with Crippen molar-refractivity contribution in [1.82, 2.24) is 9.55 Å². The predicted octanol–water partition coefficient (Wildman–Crippen LogP) is 17.6. The minimum Gasteiger partial charge on any atom is -0.457 e. The van der Waals surface area contributed by atoms with Crippen molar-refractivity contribution in [2.24, 2.45) is 0 Å². The number of para-hydroxylation sites is 3. The zero-order valence-corrected chi connectivity index (χ0v) is 40.2. The number of nitrogens with zero attached hydrogens (tertiary/aromatic N) is 4. The average Bonchev–Trinajstić information content (AvgIpc) is 4.10. The standard InChI is InChI=1S/C68H48N4O/c1-68(60-31-14-11-28-54(60)55-29-12-15-32-61(55)68)50-38-39-69-66(42-50)72-62-33-16-13-30-56(62)57-37-36-53(44-65(57)72)73-52-27-19-26-51(43-52)70-45-71(64-35-18-17-34-63(64)70)67-58(47-22-7-3-8-23-47)40-49(46-20-5-2-6-21-46)41-59(67)48-24-9-4-10-25-48/h2-44H,45H2,1H3. The molecule has 3 heterocycles. The second-order valence-electron chi connectivity index (χ2n) is 19.3. The van der Waals surface area contributed by atoms with Crippen LogP contribution < -0.4 is 14.5 Å². The molecule has 0 unspecified atom stereocenters. The molecule has 0 saturated heterocycles. The summed E-state index contributed by atoms with van der Waals surface area (Å²) >= 11 is 0. The molecule has 5 heteroatoms. The van der Waals surface area contributed by atoms with Gasteiger partial charge in [0.25, 0.3) is 0 Å². The van der Waals surface area contributed by atoms with E-state index in [1.807, 2.05) is 6.20 Å². The number of aromatic nitrogens is 2. The van der Waals surface area contributed by atoms with Gasteiger partial charge in [-0.15, -0.1) is 0 Å². The van der Waals surface area contributed by atoms with Gasteiger partial charge in [0.1, 0.15) is 24.0 Å². The topological polar surface area (TPSA) is 33.5 Å². The molecule has 346 valence electrons. The summed E-state index contributed by atoms with van der Waals surface area (Å²) in [4.78, 5) is 9.98. The first-order valence-corrected chi connectivity index (χ1v) is 25.0. The van der Waals surface area contributed by atoms with Crippen LogP contribution in [0.2, 0.25) is 0 Å². The maximum absolute atomic E-state index is 6.91. The van der Waals surface area contributed by atoms with Gasteiger partial charge in [0.15, 0.2) is 0 Å². The Hall–Kier alpha value is -9.45. The first-order chi connectivity index (χ1) is 36.1. The van der Waals surface area contributed by atoms with E-state index in [2.05, 4.69) is 276 Å². The molecule has 5 nitrogen and oxygen atoms in total. The lowest BCUT2D eigenvalue weighted by Gasteiger charge is -2.28. The van der Waals surface area contributed by atoms with Crippen molar-refractivity contribution in [3.8, 4) is 61.8 Å². The number of anilines is 4. The summed E-state index contributed by atoms with van der Waals surface area (Å²) in [5.74, 6) is 2.37. The smallest absolute Gasteiger partial charge is 0.137 e. The first-order valence-electron chi connectivity index (χ1n) is 25.0. The van der Waals surface area contributed by atoms with Crippen molar-refractivity contribution in [2.75, 3.05) is 16.5 Å². The van der Waals surface area contributed by atoms with Gasteiger partial charge in [-0.25, -0.2) is 4.98 Å². The third-order valence-corrected chi connectivity index (χ3v) is 15.2. The lowest BCUT2D eigenvalue weighted by atomic mass is 9.74. The lowest BCUT2D eigenvalue weighted by Crippen LogP contribution is -2.25. The molecule has 0 amide bonds. The average molecular weight is 937 g/mol. The molecule has 2 aliphatic rings. The van der Waals surface area contributed by atoms with Crippen LogP contribution in [-0.4, -0.2) is 16.2 Å². The molecule has 0 fully saturated rings. The van der Waals surface area contributed by atoms with Crippen LogP contribution in [0, 0.1) is 0 Å². The van der Waals surface area contributed by atoms with Gasteiger partial charge in [0.2, 0.25) is 0 Å². The highest BCUT2D eigenvalue weighted by atomic mass is 16.5. The van der Waals surface area contributed by atoms with E-state index in [9.17, 15) is 0 Å². The van der Waals surface area contributed by atoms with Crippen LogP contribution >= 0.6 is 0 Å². The Kier molecular flexibility index (Phi) is 9.97. The normalized spacial score (nSPS) is 13.3. The fourth-order valence-corrected chi connectivity index (χ4v) is 11.8. The molecule has 1 aliphatic heterocycles. The quantitative estimate of drug-likeness (QED) is 0.144. The second kappa shape index (κ2) is 17.1. The van der Waals surface area contributed by atoms with Gasteiger partial charge in [-0.05, 0) is 124 Å². The zero-order valence-electron chi connectivity index (χ0n) is 40.2. The highest BCUT2D eigenvalue weighted by Crippen LogP contribution is 2.54. The van der Waals surface area contributed by atoms with E-state index in [4.69, 9.17) is 9.72 Å². The highest BCUT2D eigenvalue weighted by molar-refractivity contribution is 6.09. The van der Waals surface area contributed by atoms with E-state index >= 15 is 0 Å². The molecule has 12 aromatic rings. The third-order valence-electron chi connectivity index (χ3n) is 15.2. The molecule has 2 aromatic heterocycles. The van der Waals surface area contributed by atoms with Crippen LogP contribution in [0.5, 0.6) is 11.5 Å². The molecule has 0 bridgehead atoms. The number of hydrogen-bond donors (Lipinski definition) is 0. The van der Waals surface area contributed by atoms with Crippen molar-refractivity contribution < 1.29 is 4.74 Å². The minimum atomic E-state index is -0.350. The van der Waals surface area contributed by atoms with Gasteiger partial charge in [0.05, 0.1) is 28.1 Å². The Labute approximate surface area is 425 Å². The van der Waals surface area contributed by atoms with E-state index in [0.717, 1.165) is 67.6 Å². The molecule has 10 aromatic carbocycles. The van der Waals surface area contributed by atoms with Crippen molar-refractivity contribution >= 4 is 44.6 Å². The van der Waals surface area contributed by atoms with Gasteiger partial charge in [-0.3, -0.25) is 4.57 Å². The van der Waals surface area contributed by atoms with Crippen molar-refractivity contribution in [3.63, 3.8) is 0 Å². The minimum absolute atomic E-state index is 0.350. The summed E-state index contributed by atoms with van der Waals surface area (Å²) in [6, 6.07) is 91.5. The zero-order chi connectivity index (χ0) is 48.5. The van der Waals surface area contributed by atoms with Gasteiger partial charge in [0, 0.05) is 51.3 Å². The van der Waals surface area contributed by atoms with E-state index in [-0.39, 0.29) is 5.41 Å². The molecule has 73 heavy (non-hydrogen) atoms. The number of hydrogen-bond acceptors (Lipinski definition) is 4. The fraction of sp³-hybridized carbons (Fsp3) is 0.0441. The molecular weight excluding hydrogens is 889 g/mol. The van der Waals surface area contributed by atoms with Crippen LogP contribution in [0.15, 0.2) is 261 Å². The highest BCUT2D eigenvalue weighted by Gasteiger charge is 2.41. The molecule has 0 radical (unpaired) electrons. The van der Waals surface area contributed by atoms with Crippen LogP contribution in [0.3, 0.4) is 0 Å². The maximum Gasteiger partial charge on any atom is 0.137 e. The maximum atomic E-state index is 6.91. The van der Waals surface area contributed by atoms with Crippen molar-refractivity contribution in [2.45, 2.75) is 12.3 Å². The van der Waals surface area contributed by atoms with Crippen LogP contribution in [0.25, 0.3) is 72.1 Å². The van der Waals surface area contributed by atoms with Crippen molar-refractivity contribution in [1.29, 1.82) is 0 Å². The monoisotopic (exact) mass is 936 g/mol. The summed E-state index contributed by atoms with van der Waals surface area (Å²) in [6.07, 6.45) is 1.97. The third kappa shape index (κ3) is 6.96. The summed E-state index contributed by atoms with van der Waals surface area (Å²) < 4.78 is 9.20. The first kappa shape index (κ1) is 42.4. The van der Waals surface area contributed by atoms with Crippen LogP contribution in [0.4, 0.5) is 22.7 Å². The number of fused-ring (bicyclic) bond motifs is 7. The Balaban J connectivity index is 0.844. The van der Waals surface area contributed by atoms with Gasteiger partial charge in [-0.1, -0.05) is 176 Å².